The van der Waals surface area contributed by atoms with Gasteiger partial charge in [0.25, 0.3) is 5.91 Å². The van der Waals surface area contributed by atoms with E-state index < -0.39 is 0 Å². The maximum atomic E-state index is 12.5. The summed E-state index contributed by atoms with van der Waals surface area (Å²) in [6, 6.07) is 17.5. The molecule has 0 aliphatic heterocycles. The van der Waals surface area contributed by atoms with E-state index in [2.05, 4.69) is 10.4 Å². The number of anilines is 1. The van der Waals surface area contributed by atoms with Gasteiger partial charge in [0.15, 0.2) is 0 Å². The van der Waals surface area contributed by atoms with Crippen molar-refractivity contribution in [3.63, 3.8) is 0 Å². The highest BCUT2D eigenvalue weighted by atomic mass is 16.1. The number of hydrogen-bond donors (Lipinski definition) is 2. The van der Waals surface area contributed by atoms with Gasteiger partial charge >= 0.3 is 0 Å². The first kappa shape index (κ1) is 15.8. The third-order valence-corrected chi connectivity index (χ3v) is 3.98. The lowest BCUT2D eigenvalue weighted by Gasteiger charge is -2.14. The van der Waals surface area contributed by atoms with E-state index >= 15 is 0 Å². The van der Waals surface area contributed by atoms with Crippen LogP contribution in [0.1, 0.15) is 34.5 Å². The smallest absolute Gasteiger partial charge is 0.257 e. The van der Waals surface area contributed by atoms with Crippen molar-refractivity contribution in [1.82, 2.24) is 15.1 Å². The molecule has 0 radical (unpaired) electrons. The zero-order chi connectivity index (χ0) is 17.1. The van der Waals surface area contributed by atoms with Crippen LogP contribution in [-0.4, -0.2) is 15.7 Å². The third kappa shape index (κ3) is 3.15. The van der Waals surface area contributed by atoms with Gasteiger partial charge in [-0.15, -0.1) is 0 Å². The molecule has 0 bridgehead atoms. The van der Waals surface area contributed by atoms with Crippen LogP contribution in [0.15, 0.2) is 60.8 Å². The van der Waals surface area contributed by atoms with Gasteiger partial charge in [-0.1, -0.05) is 48.0 Å². The number of aromatic nitrogens is 2. The zero-order valence-corrected chi connectivity index (χ0v) is 13.7. The van der Waals surface area contributed by atoms with Crippen LogP contribution in [0.3, 0.4) is 0 Å². The average molecular weight is 320 g/mol. The molecule has 1 aromatic heterocycles. The monoisotopic (exact) mass is 320 g/mol. The standard InChI is InChI=1S/C19H20N4O/c1-13-8-10-16(11-9-13)23-18(20)17(12-21-23)19(24)22-14(2)15-6-4-3-5-7-15/h3-12,14H,20H2,1-2H3,(H,22,24)/t14-/m1/s1. The quantitative estimate of drug-likeness (QED) is 0.775. The Hall–Kier alpha value is -3.08. The maximum Gasteiger partial charge on any atom is 0.257 e. The van der Waals surface area contributed by atoms with E-state index in [0.29, 0.717) is 11.4 Å². The molecule has 3 aromatic rings. The average Bonchev–Trinajstić information content (AvgIpc) is 2.98. The highest BCUT2D eigenvalue weighted by Crippen LogP contribution is 2.19. The molecule has 122 valence electrons. The van der Waals surface area contributed by atoms with Crippen molar-refractivity contribution in [3.8, 4) is 5.69 Å². The summed E-state index contributed by atoms with van der Waals surface area (Å²) >= 11 is 0. The minimum absolute atomic E-state index is 0.110. The molecule has 0 fully saturated rings. The fourth-order valence-electron chi connectivity index (χ4n) is 2.52. The number of rotatable bonds is 4. The van der Waals surface area contributed by atoms with E-state index in [4.69, 9.17) is 5.73 Å². The van der Waals surface area contributed by atoms with Crippen molar-refractivity contribution in [3.05, 3.63) is 77.5 Å². The van der Waals surface area contributed by atoms with Crippen LogP contribution in [0.5, 0.6) is 0 Å². The molecule has 1 amide bonds. The van der Waals surface area contributed by atoms with Crippen molar-refractivity contribution < 1.29 is 4.79 Å². The molecule has 2 aromatic carbocycles. The number of aryl methyl sites for hydroxylation is 1. The molecule has 3 rings (SSSR count). The summed E-state index contributed by atoms with van der Waals surface area (Å²) in [6.45, 7) is 3.95. The van der Waals surface area contributed by atoms with Crippen LogP contribution in [0.2, 0.25) is 0 Å². The topological polar surface area (TPSA) is 72.9 Å². The molecule has 0 aliphatic rings. The first-order chi connectivity index (χ1) is 11.6. The summed E-state index contributed by atoms with van der Waals surface area (Å²) in [4.78, 5) is 12.5. The van der Waals surface area contributed by atoms with Crippen LogP contribution in [0.25, 0.3) is 5.69 Å². The molecule has 5 nitrogen and oxygen atoms in total. The molecular formula is C19H20N4O. The molecule has 24 heavy (non-hydrogen) atoms. The Morgan fingerprint density at radius 1 is 1.12 bits per heavy atom. The second kappa shape index (κ2) is 6.58. The highest BCUT2D eigenvalue weighted by molar-refractivity contribution is 5.98. The number of nitrogens with zero attached hydrogens (tertiary/aromatic N) is 2. The van der Waals surface area contributed by atoms with E-state index in [-0.39, 0.29) is 11.9 Å². The van der Waals surface area contributed by atoms with Crippen LogP contribution >= 0.6 is 0 Å². The lowest BCUT2D eigenvalue weighted by Crippen LogP contribution is -2.27. The van der Waals surface area contributed by atoms with Gasteiger partial charge in [0.2, 0.25) is 0 Å². The van der Waals surface area contributed by atoms with Gasteiger partial charge in [-0.05, 0) is 31.5 Å². The summed E-state index contributed by atoms with van der Waals surface area (Å²) in [6.07, 6.45) is 1.50. The van der Waals surface area contributed by atoms with Gasteiger partial charge in [-0.25, -0.2) is 4.68 Å². The van der Waals surface area contributed by atoms with Gasteiger partial charge in [0.05, 0.1) is 17.9 Å². The normalized spacial score (nSPS) is 11.9. The summed E-state index contributed by atoms with van der Waals surface area (Å²) in [5.41, 5.74) is 9.52. The van der Waals surface area contributed by atoms with Gasteiger partial charge in [0, 0.05) is 0 Å². The van der Waals surface area contributed by atoms with Crippen LogP contribution in [-0.2, 0) is 0 Å². The number of nitrogen functional groups attached to an aromatic ring is 1. The largest absolute Gasteiger partial charge is 0.383 e. The van der Waals surface area contributed by atoms with E-state index in [1.165, 1.54) is 6.20 Å². The minimum atomic E-state index is -0.234. The predicted octanol–water partition coefficient (Wildman–Crippen LogP) is 3.25. The van der Waals surface area contributed by atoms with Gasteiger partial charge in [0.1, 0.15) is 11.4 Å². The third-order valence-electron chi connectivity index (χ3n) is 3.98. The van der Waals surface area contributed by atoms with Crippen molar-refractivity contribution in [2.75, 3.05) is 5.73 Å². The zero-order valence-electron chi connectivity index (χ0n) is 13.7. The number of nitrogens with one attached hydrogen (secondary N) is 1. The van der Waals surface area contributed by atoms with E-state index in [0.717, 1.165) is 16.8 Å². The Morgan fingerprint density at radius 3 is 2.46 bits per heavy atom. The first-order valence-electron chi connectivity index (χ1n) is 7.82. The summed E-state index contributed by atoms with van der Waals surface area (Å²) in [5.74, 6) is 0.0961. The SMILES string of the molecule is Cc1ccc(-n2ncc(C(=O)N[C@H](C)c3ccccc3)c2N)cc1. The second-order valence-electron chi connectivity index (χ2n) is 5.80. The van der Waals surface area contributed by atoms with Crippen molar-refractivity contribution >= 4 is 11.7 Å². The number of carbonyl (C=O) groups is 1. The molecule has 0 aliphatic carbocycles. The second-order valence-corrected chi connectivity index (χ2v) is 5.80. The van der Waals surface area contributed by atoms with Crippen LogP contribution in [0.4, 0.5) is 5.82 Å². The maximum absolute atomic E-state index is 12.5. The lowest BCUT2D eigenvalue weighted by atomic mass is 10.1. The number of carbonyl (C=O) groups excluding carboxylic acids is 1. The van der Waals surface area contributed by atoms with E-state index in [1.807, 2.05) is 68.4 Å². The fraction of sp³-hybridized carbons (Fsp3) is 0.158. The number of hydrogen-bond acceptors (Lipinski definition) is 3. The first-order valence-corrected chi connectivity index (χ1v) is 7.82. The molecular weight excluding hydrogens is 300 g/mol. The minimum Gasteiger partial charge on any atom is -0.383 e. The molecule has 0 saturated heterocycles. The summed E-state index contributed by atoms with van der Waals surface area (Å²) in [5, 5.41) is 7.20. The van der Waals surface area contributed by atoms with E-state index in [1.54, 1.807) is 4.68 Å². The molecule has 0 saturated carbocycles. The Bertz CT molecular complexity index is 838. The van der Waals surface area contributed by atoms with Crippen molar-refractivity contribution in [1.29, 1.82) is 0 Å². The molecule has 0 spiro atoms. The Morgan fingerprint density at radius 2 is 1.79 bits per heavy atom. The van der Waals surface area contributed by atoms with Crippen LogP contribution < -0.4 is 11.1 Å². The number of nitrogens with two attached hydrogens (primary N) is 1. The Balaban J connectivity index is 1.80. The fourth-order valence-corrected chi connectivity index (χ4v) is 2.52. The lowest BCUT2D eigenvalue weighted by molar-refractivity contribution is 0.0941. The number of benzene rings is 2. The summed E-state index contributed by atoms with van der Waals surface area (Å²) in [7, 11) is 0. The molecule has 1 atom stereocenters. The molecule has 5 heteroatoms. The Kier molecular flexibility index (Phi) is 4.33. The highest BCUT2D eigenvalue weighted by Gasteiger charge is 2.18. The van der Waals surface area contributed by atoms with Crippen molar-refractivity contribution in [2.24, 2.45) is 0 Å². The van der Waals surface area contributed by atoms with Crippen molar-refractivity contribution in [2.45, 2.75) is 19.9 Å². The molecule has 1 heterocycles. The Labute approximate surface area is 141 Å². The molecule has 3 N–H and O–H groups in total. The van der Waals surface area contributed by atoms with Gasteiger partial charge < -0.3 is 11.1 Å². The van der Waals surface area contributed by atoms with E-state index in [9.17, 15) is 4.79 Å². The molecule has 0 unspecified atom stereocenters. The van der Waals surface area contributed by atoms with Crippen LogP contribution in [0, 0.1) is 6.92 Å². The summed E-state index contributed by atoms with van der Waals surface area (Å²) < 4.78 is 1.57. The predicted molar refractivity (Wildman–Crippen MR) is 95.0 cm³/mol. The number of amides is 1. The van der Waals surface area contributed by atoms with Gasteiger partial charge in [-0.2, -0.15) is 5.10 Å². The van der Waals surface area contributed by atoms with Gasteiger partial charge in [-0.3, -0.25) is 4.79 Å².